The van der Waals surface area contributed by atoms with Gasteiger partial charge in [0.15, 0.2) is 6.29 Å². The van der Waals surface area contributed by atoms with Crippen molar-refractivity contribution in [1.29, 1.82) is 0 Å². The predicted octanol–water partition coefficient (Wildman–Crippen LogP) is 3.85. The molecule has 0 aliphatic carbocycles. The van der Waals surface area contributed by atoms with Crippen LogP contribution in [-0.4, -0.2) is 44.2 Å². The molecule has 5 atom stereocenters. The lowest BCUT2D eigenvalue weighted by atomic mass is 9.87. The molecule has 1 aliphatic heterocycles. The van der Waals surface area contributed by atoms with Gasteiger partial charge in [-0.1, -0.05) is 91.0 Å². The van der Waals surface area contributed by atoms with Gasteiger partial charge in [-0.15, -0.1) is 0 Å². The van der Waals surface area contributed by atoms with Crippen molar-refractivity contribution in [3.8, 4) is 0 Å². The third-order valence-corrected chi connectivity index (χ3v) is 6.18. The number of amides is 1. The normalized spacial score (nSPS) is 23.9. The summed E-state index contributed by atoms with van der Waals surface area (Å²) in [6, 6.07) is 29.3. The van der Waals surface area contributed by atoms with Crippen LogP contribution in [0.25, 0.3) is 0 Å². The monoisotopic (exact) mass is 491 g/mol. The Morgan fingerprint density at radius 2 is 1.22 bits per heavy atom. The fourth-order valence-corrected chi connectivity index (χ4v) is 4.36. The maximum absolute atomic E-state index is 12.8. The van der Waals surface area contributed by atoms with Crippen molar-refractivity contribution in [3.63, 3.8) is 0 Å². The molecule has 0 spiro atoms. The van der Waals surface area contributed by atoms with Crippen LogP contribution in [0.15, 0.2) is 91.0 Å². The third kappa shape index (κ3) is 7.00. The molecular weight excluding hydrogens is 458 g/mol. The van der Waals surface area contributed by atoms with Crippen LogP contribution in [0.4, 0.5) is 0 Å². The molecule has 1 amide bonds. The number of carbonyl (C=O) groups excluding carboxylic acids is 1. The lowest BCUT2D eigenvalue weighted by molar-refractivity contribution is -0.299. The van der Waals surface area contributed by atoms with E-state index in [4.69, 9.17) is 29.4 Å². The van der Waals surface area contributed by atoms with Gasteiger partial charge >= 0.3 is 0 Å². The fraction of sp³-hybridized carbons (Fsp3) is 0.345. The Balaban J connectivity index is 1.52. The van der Waals surface area contributed by atoms with Gasteiger partial charge < -0.3 is 29.4 Å². The van der Waals surface area contributed by atoms with Crippen molar-refractivity contribution in [2.24, 2.45) is 11.7 Å². The van der Waals surface area contributed by atoms with Gasteiger partial charge in [0, 0.05) is 7.11 Å². The van der Waals surface area contributed by atoms with Gasteiger partial charge in [0.2, 0.25) is 5.91 Å². The molecular formula is C29H33NO6. The molecule has 0 radical (unpaired) electrons. The lowest BCUT2D eigenvalue weighted by Gasteiger charge is -2.44. The van der Waals surface area contributed by atoms with E-state index in [2.05, 4.69) is 0 Å². The highest BCUT2D eigenvalue weighted by Crippen LogP contribution is 2.33. The summed E-state index contributed by atoms with van der Waals surface area (Å²) >= 11 is 0. The van der Waals surface area contributed by atoms with Crippen LogP contribution in [0.5, 0.6) is 0 Å². The summed E-state index contributed by atoms with van der Waals surface area (Å²) < 4.78 is 30.3. The van der Waals surface area contributed by atoms with E-state index in [-0.39, 0.29) is 19.8 Å². The number of hydrogen-bond acceptors (Lipinski definition) is 6. The Hall–Kier alpha value is -3.07. The molecule has 1 fully saturated rings. The van der Waals surface area contributed by atoms with Gasteiger partial charge in [0.25, 0.3) is 0 Å². The van der Waals surface area contributed by atoms with E-state index in [0.29, 0.717) is 6.61 Å². The van der Waals surface area contributed by atoms with Gasteiger partial charge in [-0.05, 0) is 16.7 Å². The SMILES string of the molecule is CO[C@H]1OC(COCc2ccccc2)[C@H](OCc2ccccc2)C(C(N)=O)C1OCc1ccccc1. The minimum atomic E-state index is -0.812. The van der Waals surface area contributed by atoms with Gasteiger partial charge in [-0.3, -0.25) is 4.79 Å². The maximum Gasteiger partial charge on any atom is 0.226 e. The summed E-state index contributed by atoms with van der Waals surface area (Å²) in [6.07, 6.45) is -2.84. The van der Waals surface area contributed by atoms with Crippen LogP contribution in [-0.2, 0) is 48.3 Å². The largest absolute Gasteiger partial charge is 0.374 e. The molecule has 4 rings (SSSR count). The summed E-state index contributed by atoms with van der Waals surface area (Å²) in [5, 5.41) is 0. The van der Waals surface area contributed by atoms with E-state index in [1.165, 1.54) is 7.11 Å². The van der Waals surface area contributed by atoms with E-state index in [1.54, 1.807) is 0 Å². The molecule has 1 saturated heterocycles. The molecule has 0 bridgehead atoms. The number of ether oxygens (including phenoxy) is 5. The van der Waals surface area contributed by atoms with Crippen molar-refractivity contribution >= 4 is 5.91 Å². The average Bonchev–Trinajstić information content (AvgIpc) is 2.92. The molecule has 1 heterocycles. The summed E-state index contributed by atoms with van der Waals surface area (Å²) in [6.45, 7) is 1.16. The van der Waals surface area contributed by atoms with Crippen molar-refractivity contribution in [1.82, 2.24) is 0 Å². The molecule has 3 aromatic rings. The number of primary amides is 1. The highest BCUT2D eigenvalue weighted by molar-refractivity contribution is 5.78. The van der Waals surface area contributed by atoms with Crippen molar-refractivity contribution in [2.45, 2.75) is 44.4 Å². The Morgan fingerprint density at radius 3 is 1.69 bits per heavy atom. The molecule has 2 N–H and O–H groups in total. The van der Waals surface area contributed by atoms with E-state index in [1.807, 2.05) is 91.0 Å². The number of carbonyl (C=O) groups is 1. The number of benzene rings is 3. The second-order valence-corrected chi connectivity index (χ2v) is 8.73. The molecule has 7 heteroatoms. The number of nitrogens with two attached hydrogens (primary N) is 1. The van der Waals surface area contributed by atoms with Crippen LogP contribution in [0, 0.1) is 5.92 Å². The fourth-order valence-electron chi connectivity index (χ4n) is 4.36. The molecule has 0 saturated carbocycles. The zero-order chi connectivity index (χ0) is 25.2. The van der Waals surface area contributed by atoms with Crippen molar-refractivity contribution in [2.75, 3.05) is 13.7 Å². The second-order valence-electron chi connectivity index (χ2n) is 8.73. The van der Waals surface area contributed by atoms with Gasteiger partial charge in [0.05, 0.1) is 32.3 Å². The average molecular weight is 492 g/mol. The molecule has 3 aromatic carbocycles. The molecule has 0 aromatic heterocycles. The quantitative estimate of drug-likeness (QED) is 0.414. The Morgan fingerprint density at radius 1 is 0.750 bits per heavy atom. The Kier molecular flexibility index (Phi) is 9.61. The highest BCUT2D eigenvalue weighted by Gasteiger charge is 2.50. The first-order chi connectivity index (χ1) is 17.7. The van der Waals surface area contributed by atoms with Gasteiger partial charge in [-0.2, -0.15) is 0 Å². The summed E-state index contributed by atoms with van der Waals surface area (Å²) in [4.78, 5) is 12.8. The first kappa shape index (κ1) is 26.0. The van der Waals surface area contributed by atoms with E-state index >= 15 is 0 Å². The topological polar surface area (TPSA) is 89.2 Å². The van der Waals surface area contributed by atoms with E-state index in [9.17, 15) is 4.79 Å². The minimum Gasteiger partial charge on any atom is -0.374 e. The van der Waals surface area contributed by atoms with Crippen LogP contribution in [0.2, 0.25) is 0 Å². The van der Waals surface area contributed by atoms with Crippen LogP contribution in [0.3, 0.4) is 0 Å². The van der Waals surface area contributed by atoms with Crippen molar-refractivity contribution in [3.05, 3.63) is 108 Å². The van der Waals surface area contributed by atoms with E-state index < -0.39 is 36.4 Å². The Labute approximate surface area is 212 Å². The smallest absolute Gasteiger partial charge is 0.226 e. The summed E-state index contributed by atoms with van der Waals surface area (Å²) in [5.41, 5.74) is 8.91. The van der Waals surface area contributed by atoms with E-state index in [0.717, 1.165) is 16.7 Å². The van der Waals surface area contributed by atoms with Crippen LogP contribution < -0.4 is 5.73 Å². The lowest BCUT2D eigenvalue weighted by Crippen LogP contribution is -2.61. The number of hydrogen-bond donors (Lipinski definition) is 1. The Bertz CT molecular complexity index is 1050. The molecule has 3 unspecified atom stereocenters. The second kappa shape index (κ2) is 13.3. The number of rotatable bonds is 12. The zero-order valence-corrected chi connectivity index (χ0v) is 20.4. The van der Waals surface area contributed by atoms with Crippen LogP contribution in [0.1, 0.15) is 16.7 Å². The standard InChI is InChI=1S/C29H33NO6/c1-32-29-27(35-19-23-15-9-4-10-16-23)25(28(30)31)26(34-18-22-13-7-3-8-14-22)24(36-29)20-33-17-21-11-5-2-6-12-21/h2-16,24-27,29H,17-20H2,1H3,(H2,30,31)/t24?,25?,26-,27?,29-/m0/s1. The number of methoxy groups -OCH3 is 1. The zero-order valence-electron chi connectivity index (χ0n) is 20.4. The van der Waals surface area contributed by atoms with Gasteiger partial charge in [-0.25, -0.2) is 0 Å². The predicted molar refractivity (Wildman–Crippen MR) is 134 cm³/mol. The summed E-state index contributed by atoms with van der Waals surface area (Å²) in [7, 11) is 1.52. The molecule has 36 heavy (non-hydrogen) atoms. The van der Waals surface area contributed by atoms with Crippen LogP contribution >= 0.6 is 0 Å². The molecule has 7 nitrogen and oxygen atoms in total. The first-order valence-electron chi connectivity index (χ1n) is 12.1. The first-order valence-corrected chi connectivity index (χ1v) is 12.1. The maximum atomic E-state index is 12.8. The highest BCUT2D eigenvalue weighted by atomic mass is 16.7. The van der Waals surface area contributed by atoms with Crippen molar-refractivity contribution < 1.29 is 28.5 Å². The summed E-state index contributed by atoms with van der Waals surface area (Å²) in [5.74, 6) is -1.34. The minimum absolute atomic E-state index is 0.198. The third-order valence-electron chi connectivity index (χ3n) is 6.18. The molecule has 1 aliphatic rings. The molecule has 190 valence electrons. The van der Waals surface area contributed by atoms with Gasteiger partial charge in [0.1, 0.15) is 18.3 Å².